The summed E-state index contributed by atoms with van der Waals surface area (Å²) in [5, 5.41) is 0. The zero-order valence-corrected chi connectivity index (χ0v) is 18.7. The molecule has 7 nitrogen and oxygen atoms in total. The largest absolute Gasteiger partial charge is 0.376 e. The number of hydrogen-bond donors (Lipinski definition) is 2. The number of hydrogen-bond acceptors (Lipinski definition) is 5. The van der Waals surface area contributed by atoms with E-state index in [0.717, 1.165) is 25.7 Å². The van der Waals surface area contributed by atoms with Gasteiger partial charge >= 0.3 is 0 Å². The lowest BCUT2D eigenvalue weighted by molar-refractivity contribution is 0.0156. The van der Waals surface area contributed by atoms with Crippen molar-refractivity contribution in [3.8, 4) is 0 Å². The average molecular weight is 446 g/mol. The fourth-order valence-electron chi connectivity index (χ4n) is 4.93. The summed E-state index contributed by atoms with van der Waals surface area (Å²) >= 11 is 0. The molecule has 2 aromatic rings. The first-order chi connectivity index (χ1) is 14.9. The quantitative estimate of drug-likeness (QED) is 0.684. The van der Waals surface area contributed by atoms with E-state index in [1.165, 1.54) is 17.9 Å². The van der Waals surface area contributed by atoms with Crippen LogP contribution in [-0.2, 0) is 14.8 Å². The van der Waals surface area contributed by atoms with Crippen molar-refractivity contribution in [1.29, 1.82) is 0 Å². The highest BCUT2D eigenvalue weighted by atomic mass is 32.2. The van der Waals surface area contributed by atoms with Crippen LogP contribution < -0.4 is 15.1 Å². The molecule has 2 N–H and O–H groups in total. The molecule has 1 aromatic carbocycles. The van der Waals surface area contributed by atoms with Crippen molar-refractivity contribution in [1.82, 2.24) is 9.71 Å². The van der Waals surface area contributed by atoms with E-state index < -0.39 is 10.0 Å². The van der Waals surface area contributed by atoms with Gasteiger partial charge in [-0.25, -0.2) is 13.1 Å². The Bertz CT molecular complexity index is 1020. The zero-order valence-electron chi connectivity index (χ0n) is 17.9. The molecular formula is C23H31N3O4S. The Morgan fingerprint density at radius 2 is 1.84 bits per heavy atom. The van der Waals surface area contributed by atoms with Gasteiger partial charge in [0.1, 0.15) is 5.69 Å². The highest BCUT2D eigenvalue weighted by Crippen LogP contribution is 2.34. The zero-order chi connectivity index (χ0) is 21.8. The Kier molecular flexibility index (Phi) is 6.79. The predicted octanol–water partition coefficient (Wildman–Crippen LogP) is 2.61. The summed E-state index contributed by atoms with van der Waals surface area (Å²) in [5.41, 5.74) is 1.87. The van der Waals surface area contributed by atoms with Gasteiger partial charge in [-0.05, 0) is 43.6 Å². The highest BCUT2D eigenvalue weighted by Gasteiger charge is 2.37. The van der Waals surface area contributed by atoms with E-state index in [4.69, 9.17) is 4.74 Å². The molecule has 1 saturated heterocycles. The molecule has 4 rings (SSSR count). The maximum absolute atomic E-state index is 12.4. The Morgan fingerprint density at radius 1 is 1.10 bits per heavy atom. The molecule has 0 spiro atoms. The van der Waals surface area contributed by atoms with Crippen LogP contribution in [0, 0.1) is 0 Å². The van der Waals surface area contributed by atoms with E-state index in [-0.39, 0.29) is 23.6 Å². The number of nitrogens with one attached hydrogen (secondary N) is 2. The summed E-state index contributed by atoms with van der Waals surface area (Å²) in [6, 6.07) is 11.6. The van der Waals surface area contributed by atoms with Gasteiger partial charge in [-0.3, -0.25) is 4.79 Å². The molecule has 0 radical (unpaired) electrons. The van der Waals surface area contributed by atoms with Crippen LogP contribution in [0.25, 0.3) is 0 Å². The topological polar surface area (TPSA) is 91.5 Å². The van der Waals surface area contributed by atoms with Crippen molar-refractivity contribution < 1.29 is 13.2 Å². The summed E-state index contributed by atoms with van der Waals surface area (Å²) in [6.07, 6.45) is 9.41. The third-order valence-corrected chi connectivity index (χ3v) is 7.20. The Labute approximate surface area is 183 Å². The number of benzene rings is 1. The summed E-state index contributed by atoms with van der Waals surface area (Å²) < 4.78 is 32.8. The number of sulfonamides is 1. The summed E-state index contributed by atoms with van der Waals surface area (Å²) in [6.45, 7) is 0.997. The number of H-pyrrole nitrogens is 1. The van der Waals surface area contributed by atoms with E-state index in [9.17, 15) is 13.2 Å². The molecular weight excluding hydrogens is 414 g/mol. The van der Waals surface area contributed by atoms with Crippen molar-refractivity contribution in [2.75, 3.05) is 24.3 Å². The van der Waals surface area contributed by atoms with Gasteiger partial charge in [0.25, 0.3) is 0 Å². The second-order valence-electron chi connectivity index (χ2n) is 8.66. The number of anilines is 1. The number of aromatic amines is 1. The van der Waals surface area contributed by atoms with Gasteiger partial charge in [-0.2, -0.15) is 0 Å². The van der Waals surface area contributed by atoms with Gasteiger partial charge in [-0.15, -0.1) is 0 Å². The number of pyridine rings is 1. The molecule has 1 aromatic heterocycles. The van der Waals surface area contributed by atoms with E-state index in [2.05, 4.69) is 34.0 Å². The first-order valence-corrected chi connectivity index (χ1v) is 12.9. The lowest BCUT2D eigenvalue weighted by atomic mass is 9.83. The first-order valence-electron chi connectivity index (χ1n) is 11.0. The monoisotopic (exact) mass is 445 g/mol. The van der Waals surface area contributed by atoms with Crippen molar-refractivity contribution in [3.63, 3.8) is 0 Å². The van der Waals surface area contributed by atoms with Crippen molar-refractivity contribution in [2.24, 2.45) is 0 Å². The fraction of sp³-hybridized carbons (Fsp3) is 0.522. The standard InChI is InChI=1S/C23H31N3O4S/c1-31(28,29)25-20-12-14-26(21-15-24-13-11-23(21)27)22(20)16-30-19-9-7-18(8-10-19)17-5-3-2-4-6-17/h2-6,11,13,15,18-20,22,25H,7-10,12,14,16H2,1H3,(H,24,27)/t18?,19?,20-,22-/m0/s1. The van der Waals surface area contributed by atoms with Gasteiger partial charge < -0.3 is 14.6 Å². The number of ether oxygens (including phenoxy) is 1. The van der Waals surface area contributed by atoms with Crippen LogP contribution in [0.15, 0.2) is 53.6 Å². The van der Waals surface area contributed by atoms with Gasteiger partial charge in [-0.1, -0.05) is 30.3 Å². The van der Waals surface area contributed by atoms with Gasteiger partial charge in [0.15, 0.2) is 0 Å². The molecule has 168 valence electrons. The minimum Gasteiger partial charge on any atom is -0.376 e. The predicted molar refractivity (Wildman–Crippen MR) is 122 cm³/mol. The normalized spacial score (nSPS) is 26.8. The molecule has 0 unspecified atom stereocenters. The second kappa shape index (κ2) is 9.54. The van der Waals surface area contributed by atoms with Crippen LogP contribution in [0.1, 0.15) is 43.6 Å². The first kappa shape index (κ1) is 22.0. The van der Waals surface area contributed by atoms with Crippen LogP contribution in [0.5, 0.6) is 0 Å². The molecule has 8 heteroatoms. The maximum atomic E-state index is 12.4. The van der Waals surface area contributed by atoms with Crippen LogP contribution in [0.2, 0.25) is 0 Å². The lowest BCUT2D eigenvalue weighted by Crippen LogP contribution is -2.48. The van der Waals surface area contributed by atoms with Gasteiger partial charge in [0, 0.05) is 31.0 Å². The fourth-order valence-corrected chi connectivity index (χ4v) is 5.75. The third kappa shape index (κ3) is 5.56. The van der Waals surface area contributed by atoms with Gasteiger partial charge in [0.05, 0.1) is 25.0 Å². The van der Waals surface area contributed by atoms with Crippen molar-refractivity contribution >= 4 is 15.7 Å². The van der Waals surface area contributed by atoms with E-state index >= 15 is 0 Å². The number of aromatic nitrogens is 1. The van der Waals surface area contributed by atoms with Crippen LogP contribution in [0.4, 0.5) is 5.69 Å². The van der Waals surface area contributed by atoms with E-state index in [1.54, 1.807) is 12.4 Å². The minimum absolute atomic E-state index is 0.0767. The van der Waals surface area contributed by atoms with Crippen LogP contribution >= 0.6 is 0 Å². The van der Waals surface area contributed by atoms with Crippen molar-refractivity contribution in [3.05, 3.63) is 64.6 Å². The summed E-state index contributed by atoms with van der Waals surface area (Å²) in [7, 11) is -3.36. The molecule has 1 aliphatic heterocycles. The second-order valence-corrected chi connectivity index (χ2v) is 10.4. The molecule has 1 saturated carbocycles. The summed E-state index contributed by atoms with van der Waals surface area (Å²) in [5.74, 6) is 0.576. The minimum atomic E-state index is -3.36. The molecule has 2 aliphatic rings. The number of rotatable bonds is 7. The maximum Gasteiger partial charge on any atom is 0.209 e. The molecule has 2 fully saturated rings. The Hall–Kier alpha value is -2.16. The summed E-state index contributed by atoms with van der Waals surface area (Å²) in [4.78, 5) is 17.3. The third-order valence-electron chi connectivity index (χ3n) is 6.47. The van der Waals surface area contributed by atoms with Crippen LogP contribution in [0.3, 0.4) is 0 Å². The van der Waals surface area contributed by atoms with E-state index in [0.29, 0.717) is 31.2 Å². The molecule has 2 atom stereocenters. The smallest absolute Gasteiger partial charge is 0.209 e. The lowest BCUT2D eigenvalue weighted by Gasteiger charge is -2.33. The number of nitrogens with zero attached hydrogens (tertiary/aromatic N) is 1. The van der Waals surface area contributed by atoms with E-state index in [1.807, 2.05) is 11.0 Å². The molecule has 0 amide bonds. The molecule has 1 aliphatic carbocycles. The molecule has 2 heterocycles. The Balaban J connectivity index is 1.41. The Morgan fingerprint density at radius 3 is 2.52 bits per heavy atom. The van der Waals surface area contributed by atoms with Gasteiger partial charge in [0.2, 0.25) is 15.5 Å². The SMILES string of the molecule is CS(=O)(=O)N[C@H]1CCN(c2c[nH]ccc2=O)[C@H]1COC1CCC(c2ccccc2)CC1. The van der Waals surface area contributed by atoms with Crippen molar-refractivity contribution in [2.45, 2.75) is 56.2 Å². The molecule has 0 bridgehead atoms. The molecule has 31 heavy (non-hydrogen) atoms. The highest BCUT2D eigenvalue weighted by molar-refractivity contribution is 7.88. The van der Waals surface area contributed by atoms with Crippen LogP contribution in [-0.4, -0.2) is 51.0 Å². The average Bonchev–Trinajstić information content (AvgIpc) is 3.14.